The van der Waals surface area contributed by atoms with Crippen LogP contribution in [0.4, 0.5) is 11.4 Å². The maximum atomic E-state index is 12.9. The quantitative estimate of drug-likeness (QED) is 0.564. The molecule has 1 aromatic rings. The molecule has 0 saturated carbocycles. The normalized spacial score (nSPS) is 22.1. The lowest BCUT2D eigenvalue weighted by Crippen LogP contribution is -2.47. The number of rotatable bonds is 5. The number of carboxylic acid groups (broad SMARTS) is 1. The minimum Gasteiger partial charge on any atom is -0.480 e. The SMILES string of the molecule is CN1CCN(S(=O)(=O)c2ccc(N3CCC[C@@H]3C(=O)O)c([N+](=O)[O-])c2)CC1. The zero-order valence-corrected chi connectivity index (χ0v) is 15.8. The number of aliphatic carboxylic acids is 1. The van der Waals surface area contributed by atoms with Gasteiger partial charge >= 0.3 is 5.97 Å². The molecule has 0 radical (unpaired) electrons. The van der Waals surface area contributed by atoms with Gasteiger partial charge in [-0.25, -0.2) is 13.2 Å². The molecule has 148 valence electrons. The standard InChI is InChI=1S/C16H22N4O6S/c1-17-7-9-18(10-8-17)27(25,26)12-4-5-13(15(11-12)20(23)24)19-6-2-3-14(19)16(21)22/h4-5,11,14H,2-3,6-10H2,1H3,(H,21,22)/t14-/m1/s1. The summed E-state index contributed by atoms with van der Waals surface area (Å²) in [5.41, 5.74) is -0.249. The zero-order chi connectivity index (χ0) is 19.8. The van der Waals surface area contributed by atoms with Crippen LogP contribution in [0, 0.1) is 10.1 Å². The number of hydrogen-bond acceptors (Lipinski definition) is 7. The third-order valence-corrected chi connectivity index (χ3v) is 6.99. The molecule has 0 spiro atoms. The van der Waals surface area contributed by atoms with Crippen LogP contribution in [-0.4, -0.2) is 79.4 Å². The molecule has 1 aromatic carbocycles. The Bertz CT molecular complexity index is 850. The van der Waals surface area contributed by atoms with Crippen LogP contribution in [0.3, 0.4) is 0 Å². The fourth-order valence-corrected chi connectivity index (χ4v) is 4.98. The van der Waals surface area contributed by atoms with Crippen molar-refractivity contribution >= 4 is 27.4 Å². The molecule has 2 aliphatic rings. The lowest BCUT2D eigenvalue weighted by molar-refractivity contribution is -0.384. The first-order valence-electron chi connectivity index (χ1n) is 8.68. The second-order valence-electron chi connectivity index (χ2n) is 6.80. The highest BCUT2D eigenvalue weighted by Gasteiger charge is 2.36. The van der Waals surface area contributed by atoms with E-state index in [-0.39, 0.29) is 10.6 Å². The topological polar surface area (TPSA) is 124 Å². The van der Waals surface area contributed by atoms with Gasteiger partial charge in [-0.2, -0.15) is 4.31 Å². The average Bonchev–Trinajstić information content (AvgIpc) is 3.11. The van der Waals surface area contributed by atoms with Crippen molar-refractivity contribution in [1.29, 1.82) is 0 Å². The van der Waals surface area contributed by atoms with E-state index in [2.05, 4.69) is 0 Å². The molecule has 0 aliphatic carbocycles. The van der Waals surface area contributed by atoms with Crippen molar-refractivity contribution < 1.29 is 23.2 Å². The Labute approximate surface area is 157 Å². The Morgan fingerprint density at radius 1 is 1.22 bits per heavy atom. The first-order valence-corrected chi connectivity index (χ1v) is 10.1. The highest BCUT2D eigenvalue weighted by Crippen LogP contribution is 2.36. The fourth-order valence-electron chi connectivity index (χ4n) is 3.54. The van der Waals surface area contributed by atoms with Gasteiger partial charge in [0.25, 0.3) is 5.69 Å². The summed E-state index contributed by atoms with van der Waals surface area (Å²) in [6, 6.07) is 2.87. The Balaban J connectivity index is 1.97. The van der Waals surface area contributed by atoms with Crippen LogP contribution in [0.1, 0.15) is 12.8 Å². The molecule has 2 saturated heterocycles. The van der Waals surface area contributed by atoms with Crippen molar-refractivity contribution in [1.82, 2.24) is 9.21 Å². The maximum Gasteiger partial charge on any atom is 0.326 e. The molecular formula is C16H22N4O6S. The van der Waals surface area contributed by atoms with Crippen LogP contribution < -0.4 is 4.90 Å². The van der Waals surface area contributed by atoms with Gasteiger partial charge in [0.15, 0.2) is 0 Å². The Hall–Kier alpha value is -2.24. The second-order valence-corrected chi connectivity index (χ2v) is 8.74. The highest BCUT2D eigenvalue weighted by molar-refractivity contribution is 7.89. The summed E-state index contributed by atoms with van der Waals surface area (Å²) >= 11 is 0. The predicted octanol–water partition coefficient (Wildman–Crippen LogP) is 0.584. The molecule has 3 rings (SSSR count). The van der Waals surface area contributed by atoms with E-state index in [0.29, 0.717) is 45.6 Å². The van der Waals surface area contributed by atoms with Crippen LogP contribution in [0.2, 0.25) is 0 Å². The van der Waals surface area contributed by atoms with Crippen LogP contribution in [0.5, 0.6) is 0 Å². The summed E-state index contributed by atoms with van der Waals surface area (Å²) in [5.74, 6) is -1.05. The Kier molecular flexibility index (Phi) is 5.36. The van der Waals surface area contributed by atoms with E-state index < -0.39 is 32.6 Å². The molecule has 0 aromatic heterocycles. The average molecular weight is 398 g/mol. The molecule has 1 atom stereocenters. The van der Waals surface area contributed by atoms with Gasteiger partial charge in [-0.1, -0.05) is 0 Å². The largest absolute Gasteiger partial charge is 0.480 e. The van der Waals surface area contributed by atoms with E-state index in [1.54, 1.807) is 0 Å². The zero-order valence-electron chi connectivity index (χ0n) is 14.9. The molecule has 0 amide bonds. The summed E-state index contributed by atoms with van der Waals surface area (Å²) in [4.78, 5) is 25.7. The second kappa shape index (κ2) is 7.41. The fraction of sp³-hybridized carbons (Fsp3) is 0.562. The van der Waals surface area contributed by atoms with Crippen LogP contribution in [0.25, 0.3) is 0 Å². The molecule has 11 heteroatoms. The molecular weight excluding hydrogens is 376 g/mol. The summed E-state index contributed by atoms with van der Waals surface area (Å²) in [5, 5.41) is 20.9. The first-order chi connectivity index (χ1) is 12.7. The molecule has 0 bridgehead atoms. The number of nitrogens with zero attached hydrogens (tertiary/aromatic N) is 4. The van der Waals surface area contributed by atoms with Crippen molar-refractivity contribution in [2.45, 2.75) is 23.8 Å². The number of nitro groups is 1. The van der Waals surface area contributed by atoms with Gasteiger partial charge in [0.05, 0.1) is 9.82 Å². The lowest BCUT2D eigenvalue weighted by atomic mass is 10.2. The van der Waals surface area contributed by atoms with E-state index in [4.69, 9.17) is 0 Å². The van der Waals surface area contributed by atoms with Gasteiger partial charge in [-0.05, 0) is 32.0 Å². The van der Waals surface area contributed by atoms with Crippen molar-refractivity contribution in [3.8, 4) is 0 Å². The molecule has 0 unspecified atom stereocenters. The smallest absolute Gasteiger partial charge is 0.326 e. The monoisotopic (exact) mass is 398 g/mol. The van der Waals surface area contributed by atoms with Crippen LogP contribution in [-0.2, 0) is 14.8 Å². The summed E-state index contributed by atoms with van der Waals surface area (Å²) in [6.45, 7) is 2.20. The molecule has 2 aliphatic heterocycles. The molecule has 1 N–H and O–H groups in total. The number of sulfonamides is 1. The third-order valence-electron chi connectivity index (χ3n) is 5.09. The summed E-state index contributed by atoms with van der Waals surface area (Å²) in [7, 11) is -1.94. The van der Waals surface area contributed by atoms with Gasteiger partial charge in [-0.15, -0.1) is 0 Å². The minimum absolute atomic E-state index is 0.141. The minimum atomic E-state index is -3.84. The number of nitro benzene ring substituents is 1. The van der Waals surface area contributed by atoms with E-state index >= 15 is 0 Å². The van der Waals surface area contributed by atoms with Crippen LogP contribution in [0.15, 0.2) is 23.1 Å². The third kappa shape index (κ3) is 3.75. The van der Waals surface area contributed by atoms with E-state index in [0.717, 1.165) is 6.07 Å². The van der Waals surface area contributed by atoms with Gasteiger partial charge in [0.2, 0.25) is 10.0 Å². The highest BCUT2D eigenvalue weighted by atomic mass is 32.2. The van der Waals surface area contributed by atoms with Crippen molar-refractivity contribution in [3.63, 3.8) is 0 Å². The van der Waals surface area contributed by atoms with Crippen LogP contribution >= 0.6 is 0 Å². The van der Waals surface area contributed by atoms with Gasteiger partial charge in [0.1, 0.15) is 11.7 Å². The number of benzene rings is 1. The molecule has 27 heavy (non-hydrogen) atoms. The lowest BCUT2D eigenvalue weighted by Gasteiger charge is -2.31. The van der Waals surface area contributed by atoms with Gasteiger partial charge < -0.3 is 14.9 Å². The Morgan fingerprint density at radius 3 is 2.48 bits per heavy atom. The summed E-state index contributed by atoms with van der Waals surface area (Å²) in [6.07, 6.45) is 1.00. The molecule has 2 fully saturated rings. The number of likely N-dealkylation sites (N-methyl/N-ethyl adjacent to an activating group) is 1. The van der Waals surface area contributed by atoms with E-state index in [1.165, 1.54) is 21.3 Å². The molecule has 2 heterocycles. The maximum absolute atomic E-state index is 12.9. The van der Waals surface area contributed by atoms with Gasteiger partial charge in [-0.3, -0.25) is 10.1 Å². The van der Waals surface area contributed by atoms with Gasteiger partial charge in [0, 0.05) is 38.8 Å². The summed E-state index contributed by atoms with van der Waals surface area (Å²) < 4.78 is 27.0. The van der Waals surface area contributed by atoms with Crippen molar-refractivity contribution in [3.05, 3.63) is 28.3 Å². The van der Waals surface area contributed by atoms with Crippen molar-refractivity contribution in [2.75, 3.05) is 44.7 Å². The van der Waals surface area contributed by atoms with E-state index in [9.17, 15) is 28.4 Å². The predicted molar refractivity (Wildman–Crippen MR) is 97.4 cm³/mol. The number of carboxylic acids is 1. The number of piperazine rings is 1. The first kappa shape index (κ1) is 19.5. The van der Waals surface area contributed by atoms with Crippen molar-refractivity contribution in [2.24, 2.45) is 0 Å². The Morgan fingerprint density at radius 2 is 1.89 bits per heavy atom. The van der Waals surface area contributed by atoms with E-state index in [1.807, 2.05) is 11.9 Å². The number of carbonyl (C=O) groups is 1. The number of anilines is 1. The number of hydrogen-bond donors (Lipinski definition) is 1. The molecule has 10 nitrogen and oxygen atoms in total.